The second kappa shape index (κ2) is 5.89. The molecule has 0 unspecified atom stereocenters. The maximum absolute atomic E-state index is 10.4. The van der Waals surface area contributed by atoms with Gasteiger partial charge in [-0.25, -0.2) is 0 Å². The Labute approximate surface area is 157 Å². The van der Waals surface area contributed by atoms with Gasteiger partial charge in [0, 0.05) is 35.6 Å². The van der Waals surface area contributed by atoms with Crippen LogP contribution in [-0.2, 0) is 11.0 Å². The van der Waals surface area contributed by atoms with Gasteiger partial charge in [0.2, 0.25) is 0 Å². The topological polar surface area (TPSA) is 62.8 Å². The lowest BCUT2D eigenvalue weighted by molar-refractivity contribution is 0.0796. The number of aromatic nitrogens is 3. The number of fused-ring (bicyclic) bond motifs is 1. The van der Waals surface area contributed by atoms with Crippen LogP contribution in [0.2, 0.25) is 5.02 Å². The minimum absolute atomic E-state index is 0.168. The van der Waals surface area contributed by atoms with Crippen LogP contribution in [0.3, 0.4) is 0 Å². The number of aliphatic imine (C=N–C) groups is 1. The van der Waals surface area contributed by atoms with E-state index in [9.17, 15) is 5.11 Å². The van der Waals surface area contributed by atoms with Crippen molar-refractivity contribution >= 4 is 23.5 Å². The van der Waals surface area contributed by atoms with E-state index in [4.69, 9.17) is 11.6 Å². The number of hydrogen-bond donors (Lipinski definition) is 1. The van der Waals surface area contributed by atoms with Crippen LogP contribution in [0, 0.1) is 0 Å². The van der Waals surface area contributed by atoms with Crippen LogP contribution in [0.4, 0.5) is 0 Å². The average Bonchev–Trinajstić information content (AvgIpc) is 3.28. The summed E-state index contributed by atoms with van der Waals surface area (Å²) < 4.78 is 2.00. The Kier molecular flexibility index (Phi) is 3.90. The van der Waals surface area contributed by atoms with Crippen LogP contribution in [0.5, 0.6) is 0 Å². The van der Waals surface area contributed by atoms with Gasteiger partial charge in [-0.3, -0.25) is 9.39 Å². The number of hydrogen-bond acceptors (Lipinski definition) is 4. The van der Waals surface area contributed by atoms with Crippen molar-refractivity contribution in [2.75, 3.05) is 7.05 Å². The van der Waals surface area contributed by atoms with E-state index in [1.165, 1.54) is 5.56 Å². The van der Waals surface area contributed by atoms with E-state index in [2.05, 4.69) is 27.3 Å². The number of benzene rings is 1. The molecule has 1 aromatic carbocycles. The molecule has 2 aromatic heterocycles. The maximum Gasteiger partial charge on any atom is 0.166 e. The van der Waals surface area contributed by atoms with E-state index in [1.807, 2.05) is 28.8 Å². The third kappa shape index (κ3) is 2.63. The van der Waals surface area contributed by atoms with Gasteiger partial charge in [-0.2, -0.15) is 0 Å². The fourth-order valence-corrected chi connectivity index (χ4v) is 3.73. The Balaban J connectivity index is 1.87. The summed E-state index contributed by atoms with van der Waals surface area (Å²) in [5, 5.41) is 20.0. The van der Waals surface area contributed by atoms with E-state index in [1.54, 1.807) is 27.1 Å². The smallest absolute Gasteiger partial charge is 0.166 e. The van der Waals surface area contributed by atoms with Gasteiger partial charge >= 0.3 is 0 Å². The van der Waals surface area contributed by atoms with Crippen molar-refractivity contribution in [1.29, 1.82) is 0 Å². The van der Waals surface area contributed by atoms with Crippen molar-refractivity contribution in [3.8, 4) is 0 Å². The first kappa shape index (κ1) is 17.2. The van der Waals surface area contributed by atoms with Crippen LogP contribution in [-0.4, -0.2) is 33.0 Å². The molecule has 0 aliphatic heterocycles. The minimum Gasteiger partial charge on any atom is -0.386 e. The Morgan fingerprint density at radius 1 is 1.27 bits per heavy atom. The van der Waals surface area contributed by atoms with Crippen molar-refractivity contribution in [2.45, 2.75) is 37.7 Å². The summed E-state index contributed by atoms with van der Waals surface area (Å²) in [6.45, 7) is 3.53. The molecule has 1 aliphatic rings. The molecule has 26 heavy (non-hydrogen) atoms. The van der Waals surface area contributed by atoms with Gasteiger partial charge in [-0.15, -0.1) is 10.2 Å². The lowest BCUT2D eigenvalue weighted by atomic mass is 9.93. The molecule has 1 fully saturated rings. The van der Waals surface area contributed by atoms with Gasteiger partial charge in [-0.1, -0.05) is 23.7 Å². The fourth-order valence-electron chi connectivity index (χ4n) is 3.57. The van der Waals surface area contributed by atoms with Crippen LogP contribution < -0.4 is 0 Å². The molecule has 3 aromatic rings. The van der Waals surface area contributed by atoms with Gasteiger partial charge in [0.05, 0.1) is 11.0 Å². The minimum atomic E-state index is -0.978. The highest BCUT2D eigenvalue weighted by atomic mass is 35.5. The van der Waals surface area contributed by atoms with Gasteiger partial charge < -0.3 is 5.11 Å². The van der Waals surface area contributed by atoms with Crippen molar-refractivity contribution in [2.24, 2.45) is 4.99 Å². The summed E-state index contributed by atoms with van der Waals surface area (Å²) in [5.41, 5.74) is 2.39. The summed E-state index contributed by atoms with van der Waals surface area (Å²) in [6.07, 6.45) is 5.75. The second-order valence-electron chi connectivity index (χ2n) is 7.40. The SMILES string of the molecule is CN=Cc1cc(C2(c3nnc4c(C(C)(C)O)cccn34)CC2)ccc1Cl. The molecule has 0 radical (unpaired) electrons. The molecule has 0 bridgehead atoms. The summed E-state index contributed by atoms with van der Waals surface area (Å²) in [6, 6.07) is 9.89. The van der Waals surface area contributed by atoms with Crippen LogP contribution in [0.25, 0.3) is 5.65 Å². The molecule has 4 rings (SSSR count). The highest BCUT2D eigenvalue weighted by molar-refractivity contribution is 6.33. The van der Waals surface area contributed by atoms with Crippen LogP contribution in [0.1, 0.15) is 49.2 Å². The van der Waals surface area contributed by atoms with Crippen molar-refractivity contribution in [1.82, 2.24) is 14.6 Å². The van der Waals surface area contributed by atoms with E-state index in [-0.39, 0.29) is 5.41 Å². The number of halogens is 1. The number of aliphatic hydroxyl groups is 1. The summed E-state index contributed by atoms with van der Waals surface area (Å²) in [5.74, 6) is 0.903. The number of nitrogens with zero attached hydrogens (tertiary/aromatic N) is 4. The standard InChI is InChI=1S/C20H21ClN4O/c1-19(2,26)15-5-4-10-25-17(15)23-24-18(25)20(8-9-20)14-6-7-16(21)13(11-14)12-22-3/h4-7,10-12,26H,8-9H2,1-3H3. The molecule has 134 valence electrons. The van der Waals surface area contributed by atoms with Crippen LogP contribution >= 0.6 is 11.6 Å². The molecule has 0 spiro atoms. The van der Waals surface area contributed by atoms with Gasteiger partial charge in [0.1, 0.15) is 5.82 Å². The van der Waals surface area contributed by atoms with E-state index < -0.39 is 5.60 Å². The molecule has 1 aliphatic carbocycles. The largest absolute Gasteiger partial charge is 0.386 e. The van der Waals surface area contributed by atoms with Crippen molar-refractivity contribution in [3.63, 3.8) is 0 Å². The lowest BCUT2D eigenvalue weighted by Crippen LogP contribution is -2.18. The fraction of sp³-hybridized carbons (Fsp3) is 0.350. The molecule has 5 nitrogen and oxygen atoms in total. The number of pyridine rings is 1. The predicted molar refractivity (Wildman–Crippen MR) is 103 cm³/mol. The van der Waals surface area contributed by atoms with Gasteiger partial charge in [0.25, 0.3) is 0 Å². The monoisotopic (exact) mass is 368 g/mol. The van der Waals surface area contributed by atoms with Gasteiger partial charge in [0.15, 0.2) is 5.65 Å². The second-order valence-corrected chi connectivity index (χ2v) is 7.81. The maximum atomic E-state index is 10.4. The first-order chi connectivity index (χ1) is 12.4. The number of rotatable bonds is 4. The quantitative estimate of drug-likeness (QED) is 0.713. The Bertz CT molecular complexity index is 1010. The normalized spacial score (nSPS) is 16.5. The summed E-state index contributed by atoms with van der Waals surface area (Å²) in [7, 11) is 1.74. The van der Waals surface area contributed by atoms with Crippen LogP contribution in [0.15, 0.2) is 41.5 Å². The van der Waals surface area contributed by atoms with E-state index in [0.717, 1.165) is 29.8 Å². The van der Waals surface area contributed by atoms with E-state index >= 15 is 0 Å². The molecular weight excluding hydrogens is 348 g/mol. The first-order valence-corrected chi connectivity index (χ1v) is 9.04. The molecule has 6 heteroatoms. The molecule has 0 amide bonds. The third-order valence-electron chi connectivity index (χ3n) is 5.09. The molecular formula is C20H21ClN4O. The molecule has 0 saturated heterocycles. The predicted octanol–water partition coefficient (Wildman–Crippen LogP) is 3.74. The molecule has 1 saturated carbocycles. The highest BCUT2D eigenvalue weighted by Crippen LogP contribution is 2.53. The Hall–Kier alpha value is -2.24. The zero-order chi connectivity index (χ0) is 18.5. The third-order valence-corrected chi connectivity index (χ3v) is 5.43. The molecule has 2 heterocycles. The van der Waals surface area contributed by atoms with Crippen molar-refractivity contribution < 1.29 is 5.11 Å². The zero-order valence-corrected chi connectivity index (χ0v) is 15.8. The highest BCUT2D eigenvalue weighted by Gasteiger charge is 2.50. The summed E-state index contributed by atoms with van der Waals surface area (Å²) >= 11 is 6.28. The van der Waals surface area contributed by atoms with Gasteiger partial charge in [-0.05, 0) is 50.5 Å². The summed E-state index contributed by atoms with van der Waals surface area (Å²) in [4.78, 5) is 4.09. The average molecular weight is 369 g/mol. The Morgan fingerprint density at radius 2 is 2.04 bits per heavy atom. The first-order valence-electron chi connectivity index (χ1n) is 8.66. The lowest BCUT2D eigenvalue weighted by Gasteiger charge is -2.19. The molecule has 0 atom stereocenters. The van der Waals surface area contributed by atoms with E-state index in [0.29, 0.717) is 10.7 Å². The molecule has 1 N–H and O–H groups in total. The Morgan fingerprint density at radius 3 is 2.69 bits per heavy atom. The van der Waals surface area contributed by atoms with Crippen molar-refractivity contribution in [3.05, 3.63) is 64.1 Å². The zero-order valence-electron chi connectivity index (χ0n) is 15.1.